The van der Waals surface area contributed by atoms with Crippen molar-refractivity contribution in [3.05, 3.63) is 0 Å². The molecule has 1 fully saturated rings. The lowest BCUT2D eigenvalue weighted by Gasteiger charge is -2.22. The molecule has 1 heterocycles. The molecule has 1 aliphatic rings. The minimum absolute atomic E-state index is 0.354. The van der Waals surface area contributed by atoms with Gasteiger partial charge in [-0.15, -0.1) is 0 Å². The van der Waals surface area contributed by atoms with E-state index in [0.717, 1.165) is 31.6 Å². The molecule has 5 heteroatoms. The van der Waals surface area contributed by atoms with Gasteiger partial charge in [0.25, 0.3) is 0 Å². The van der Waals surface area contributed by atoms with Gasteiger partial charge in [-0.3, -0.25) is 0 Å². The third-order valence-electron chi connectivity index (χ3n) is 1.84. The van der Waals surface area contributed by atoms with Crippen molar-refractivity contribution < 1.29 is 14.7 Å². The number of carbonyl (C=O) groups is 1. The Bertz CT molecular complexity index is 215. The molecular weight excluding hydrogens is 172 g/mol. The molecule has 0 aliphatic carbocycles. The number of oxime groups is 1. The highest BCUT2D eigenvalue weighted by molar-refractivity contribution is 5.86. The number of rotatable bonds is 3. The average Bonchev–Trinajstić information content (AvgIpc) is 2.03. The number of carboxylic acid groups (broad SMARTS) is 1. The van der Waals surface area contributed by atoms with Gasteiger partial charge >= 0.3 is 5.97 Å². The van der Waals surface area contributed by atoms with Crippen molar-refractivity contribution in [3.8, 4) is 0 Å². The van der Waals surface area contributed by atoms with Crippen LogP contribution >= 0.6 is 0 Å². The second kappa shape index (κ2) is 4.81. The predicted octanol–water partition coefficient (Wildman–Crippen LogP) is 0.169. The Balaban J connectivity index is 2.28. The summed E-state index contributed by atoms with van der Waals surface area (Å²) in [5.41, 5.74) is 0.926. The van der Waals surface area contributed by atoms with Gasteiger partial charge in [-0.25, -0.2) is 4.79 Å². The molecule has 1 saturated heterocycles. The summed E-state index contributed by atoms with van der Waals surface area (Å²) in [6.07, 6.45) is 1.97. The van der Waals surface area contributed by atoms with Crippen LogP contribution in [0.4, 0.5) is 0 Å². The van der Waals surface area contributed by atoms with Crippen molar-refractivity contribution in [2.75, 3.05) is 26.7 Å². The maximum absolute atomic E-state index is 10.1. The average molecular weight is 186 g/mol. The van der Waals surface area contributed by atoms with Crippen LogP contribution in [-0.4, -0.2) is 48.4 Å². The van der Waals surface area contributed by atoms with Gasteiger partial charge in [0, 0.05) is 6.54 Å². The van der Waals surface area contributed by atoms with Crippen LogP contribution in [0.2, 0.25) is 0 Å². The molecule has 0 radical (unpaired) electrons. The van der Waals surface area contributed by atoms with Gasteiger partial charge < -0.3 is 14.8 Å². The zero-order valence-electron chi connectivity index (χ0n) is 7.69. The van der Waals surface area contributed by atoms with Crippen LogP contribution < -0.4 is 0 Å². The van der Waals surface area contributed by atoms with Gasteiger partial charge in [0.1, 0.15) is 0 Å². The third-order valence-corrected chi connectivity index (χ3v) is 1.84. The Kier molecular flexibility index (Phi) is 3.70. The lowest BCUT2D eigenvalue weighted by atomic mass is 10.1. The molecule has 0 aromatic carbocycles. The van der Waals surface area contributed by atoms with Gasteiger partial charge in [0.15, 0.2) is 0 Å². The summed E-state index contributed by atoms with van der Waals surface area (Å²) in [5, 5.41) is 12.1. The van der Waals surface area contributed by atoms with Crippen molar-refractivity contribution in [2.45, 2.75) is 12.8 Å². The molecule has 0 spiro atoms. The van der Waals surface area contributed by atoms with Gasteiger partial charge in [-0.05, 0) is 26.4 Å². The fourth-order valence-corrected chi connectivity index (χ4v) is 1.28. The summed E-state index contributed by atoms with van der Waals surface area (Å²) in [6, 6.07) is 0. The molecule has 0 unspecified atom stereocenters. The Morgan fingerprint density at radius 3 is 3.15 bits per heavy atom. The Hall–Kier alpha value is -1.10. The van der Waals surface area contributed by atoms with Crippen molar-refractivity contribution in [1.82, 2.24) is 4.90 Å². The van der Waals surface area contributed by atoms with Gasteiger partial charge in [-0.1, -0.05) is 5.16 Å². The van der Waals surface area contributed by atoms with Crippen LogP contribution in [0.5, 0.6) is 0 Å². The molecule has 74 valence electrons. The first-order valence-electron chi connectivity index (χ1n) is 4.26. The summed E-state index contributed by atoms with van der Waals surface area (Å²) in [7, 11) is 2.01. The maximum Gasteiger partial charge on any atom is 0.344 e. The Morgan fingerprint density at radius 2 is 2.54 bits per heavy atom. The Labute approximate surface area is 77.0 Å². The molecule has 0 atom stereocenters. The normalized spacial score (nSPS) is 21.8. The van der Waals surface area contributed by atoms with E-state index in [-0.39, 0.29) is 6.61 Å². The molecule has 1 N–H and O–H groups in total. The van der Waals surface area contributed by atoms with Crippen molar-refractivity contribution in [3.63, 3.8) is 0 Å². The fraction of sp³-hybridized carbons (Fsp3) is 0.750. The number of likely N-dealkylation sites (tertiary alicyclic amines) is 1. The highest BCUT2D eigenvalue weighted by Gasteiger charge is 2.11. The van der Waals surface area contributed by atoms with Crippen LogP contribution in [0.1, 0.15) is 12.8 Å². The number of piperidine rings is 1. The third kappa shape index (κ3) is 3.89. The molecule has 0 aromatic heterocycles. The minimum atomic E-state index is -0.992. The summed E-state index contributed by atoms with van der Waals surface area (Å²) >= 11 is 0. The maximum atomic E-state index is 10.1. The van der Waals surface area contributed by atoms with E-state index in [4.69, 9.17) is 5.11 Å². The lowest BCUT2D eigenvalue weighted by Crippen LogP contribution is -2.32. The van der Waals surface area contributed by atoms with E-state index in [1.807, 2.05) is 7.05 Å². The quantitative estimate of drug-likeness (QED) is 0.638. The van der Waals surface area contributed by atoms with E-state index in [1.54, 1.807) is 0 Å². The highest BCUT2D eigenvalue weighted by Crippen LogP contribution is 2.04. The number of nitrogens with zero attached hydrogens (tertiary/aromatic N) is 2. The van der Waals surface area contributed by atoms with Gasteiger partial charge in [-0.2, -0.15) is 0 Å². The first kappa shape index (κ1) is 9.98. The molecule has 0 aromatic rings. The number of hydrogen-bond donors (Lipinski definition) is 1. The minimum Gasteiger partial charge on any atom is -0.479 e. The first-order valence-corrected chi connectivity index (χ1v) is 4.26. The lowest BCUT2D eigenvalue weighted by molar-refractivity contribution is -0.142. The van der Waals surface area contributed by atoms with Crippen LogP contribution in [0.3, 0.4) is 0 Å². The van der Waals surface area contributed by atoms with Crippen molar-refractivity contribution in [2.24, 2.45) is 5.16 Å². The fourth-order valence-electron chi connectivity index (χ4n) is 1.28. The highest BCUT2D eigenvalue weighted by atomic mass is 16.6. The van der Waals surface area contributed by atoms with E-state index in [2.05, 4.69) is 14.9 Å². The van der Waals surface area contributed by atoms with E-state index < -0.39 is 5.97 Å². The number of carboxylic acids is 1. The summed E-state index contributed by atoms with van der Waals surface area (Å²) in [4.78, 5) is 16.9. The molecule has 0 amide bonds. The van der Waals surface area contributed by atoms with E-state index in [0.29, 0.717) is 0 Å². The second-order valence-corrected chi connectivity index (χ2v) is 3.17. The van der Waals surface area contributed by atoms with Gasteiger partial charge in [0.05, 0.1) is 5.71 Å². The standard InChI is InChI=1S/C8H14N2O3/c1-10-4-2-3-7(5-10)9-13-6-8(11)12/h2-6H2,1H3,(H,11,12). The van der Waals surface area contributed by atoms with Crippen LogP contribution in [0.25, 0.3) is 0 Å². The number of hydrogen-bond acceptors (Lipinski definition) is 4. The smallest absolute Gasteiger partial charge is 0.344 e. The predicted molar refractivity (Wildman–Crippen MR) is 47.8 cm³/mol. The summed E-state index contributed by atoms with van der Waals surface area (Å²) in [6.45, 7) is 1.49. The van der Waals surface area contributed by atoms with Crippen molar-refractivity contribution >= 4 is 11.7 Å². The van der Waals surface area contributed by atoms with Crippen LogP contribution in [-0.2, 0) is 9.63 Å². The Morgan fingerprint density at radius 1 is 1.77 bits per heavy atom. The molecule has 0 bridgehead atoms. The van der Waals surface area contributed by atoms with E-state index in [1.165, 1.54) is 0 Å². The molecular formula is C8H14N2O3. The van der Waals surface area contributed by atoms with E-state index in [9.17, 15) is 4.79 Å². The zero-order chi connectivity index (χ0) is 9.68. The molecule has 13 heavy (non-hydrogen) atoms. The zero-order valence-corrected chi connectivity index (χ0v) is 7.69. The molecule has 0 saturated carbocycles. The SMILES string of the molecule is CN1CCCC(=NOCC(=O)O)C1. The first-order chi connectivity index (χ1) is 6.18. The second-order valence-electron chi connectivity index (χ2n) is 3.17. The number of aliphatic carboxylic acids is 1. The molecule has 5 nitrogen and oxygen atoms in total. The van der Waals surface area contributed by atoms with E-state index >= 15 is 0 Å². The topological polar surface area (TPSA) is 62.1 Å². The van der Waals surface area contributed by atoms with Crippen LogP contribution in [0, 0.1) is 0 Å². The molecule has 1 rings (SSSR count). The van der Waals surface area contributed by atoms with Crippen molar-refractivity contribution in [1.29, 1.82) is 0 Å². The largest absolute Gasteiger partial charge is 0.479 e. The monoisotopic (exact) mass is 186 g/mol. The summed E-state index contributed by atoms with van der Waals surface area (Å²) in [5.74, 6) is -0.992. The van der Waals surface area contributed by atoms with Crippen LogP contribution in [0.15, 0.2) is 5.16 Å². The summed E-state index contributed by atoms with van der Waals surface area (Å²) < 4.78 is 0. The van der Waals surface area contributed by atoms with Gasteiger partial charge in [0.2, 0.25) is 6.61 Å². The molecule has 1 aliphatic heterocycles.